The SMILES string of the molecule is c1ccc2c(c1)nc(Nc1ccc(N3CCOCC3)cc1)n1cnnc21. The van der Waals surface area contributed by atoms with Gasteiger partial charge >= 0.3 is 0 Å². The van der Waals surface area contributed by atoms with E-state index in [4.69, 9.17) is 9.72 Å². The van der Waals surface area contributed by atoms with Gasteiger partial charge in [0, 0.05) is 29.9 Å². The highest BCUT2D eigenvalue weighted by Gasteiger charge is 2.12. The first-order valence-corrected chi connectivity index (χ1v) is 8.67. The van der Waals surface area contributed by atoms with Crippen LogP contribution in [-0.2, 0) is 4.74 Å². The van der Waals surface area contributed by atoms with Crippen molar-refractivity contribution in [3.8, 4) is 0 Å². The molecule has 5 rings (SSSR count). The molecule has 0 spiro atoms. The van der Waals surface area contributed by atoms with Crippen molar-refractivity contribution in [3.63, 3.8) is 0 Å². The summed E-state index contributed by atoms with van der Waals surface area (Å²) in [7, 11) is 0. The summed E-state index contributed by atoms with van der Waals surface area (Å²) in [6.45, 7) is 3.43. The topological polar surface area (TPSA) is 67.6 Å². The Morgan fingerprint density at radius 2 is 1.77 bits per heavy atom. The van der Waals surface area contributed by atoms with E-state index in [1.54, 1.807) is 6.33 Å². The zero-order valence-electron chi connectivity index (χ0n) is 14.2. The average Bonchev–Trinajstić information content (AvgIpc) is 3.20. The van der Waals surface area contributed by atoms with Crippen LogP contribution in [0.25, 0.3) is 16.6 Å². The molecule has 0 aliphatic carbocycles. The van der Waals surface area contributed by atoms with Crippen molar-refractivity contribution in [2.75, 3.05) is 36.5 Å². The maximum absolute atomic E-state index is 5.42. The summed E-state index contributed by atoms with van der Waals surface area (Å²) in [5.74, 6) is 0.697. The lowest BCUT2D eigenvalue weighted by Crippen LogP contribution is -2.36. The highest BCUT2D eigenvalue weighted by Crippen LogP contribution is 2.24. The first kappa shape index (κ1) is 15.1. The molecule has 1 aliphatic heterocycles. The van der Waals surface area contributed by atoms with Crippen LogP contribution < -0.4 is 10.2 Å². The molecule has 1 saturated heterocycles. The molecule has 0 saturated carbocycles. The van der Waals surface area contributed by atoms with Crippen molar-refractivity contribution in [1.29, 1.82) is 0 Å². The second-order valence-electron chi connectivity index (χ2n) is 6.25. The van der Waals surface area contributed by atoms with E-state index in [2.05, 4.69) is 44.7 Å². The molecule has 0 unspecified atom stereocenters. The van der Waals surface area contributed by atoms with Crippen LogP contribution in [0.2, 0.25) is 0 Å². The Morgan fingerprint density at radius 1 is 0.962 bits per heavy atom. The third-order valence-electron chi connectivity index (χ3n) is 4.65. The third kappa shape index (κ3) is 2.62. The standard InChI is InChI=1S/C19H18N6O/c1-2-4-17-16(3-1)18-23-20-13-25(18)19(22-17)21-14-5-7-15(8-6-14)24-9-11-26-12-10-24/h1-8,13H,9-12H2,(H,21,22). The first-order valence-electron chi connectivity index (χ1n) is 8.67. The van der Waals surface area contributed by atoms with Gasteiger partial charge in [0.2, 0.25) is 5.95 Å². The fourth-order valence-corrected chi connectivity index (χ4v) is 3.30. The molecule has 7 heteroatoms. The molecule has 130 valence electrons. The number of rotatable bonds is 3. The minimum atomic E-state index is 0.697. The van der Waals surface area contributed by atoms with Gasteiger partial charge in [0.1, 0.15) is 6.33 Å². The molecule has 1 N–H and O–H groups in total. The molecule has 3 heterocycles. The number of hydrogen-bond donors (Lipinski definition) is 1. The van der Waals surface area contributed by atoms with Crippen LogP contribution in [-0.4, -0.2) is 45.9 Å². The van der Waals surface area contributed by atoms with Gasteiger partial charge < -0.3 is 15.0 Å². The predicted molar refractivity (Wildman–Crippen MR) is 101 cm³/mol. The van der Waals surface area contributed by atoms with Gasteiger partial charge in [-0.1, -0.05) is 12.1 Å². The molecular weight excluding hydrogens is 328 g/mol. The van der Waals surface area contributed by atoms with Crippen LogP contribution in [0.15, 0.2) is 54.9 Å². The van der Waals surface area contributed by atoms with Gasteiger partial charge in [0.25, 0.3) is 0 Å². The Balaban J connectivity index is 1.47. The fraction of sp³-hybridized carbons (Fsp3) is 0.211. The highest BCUT2D eigenvalue weighted by atomic mass is 16.5. The molecule has 0 atom stereocenters. The zero-order valence-corrected chi connectivity index (χ0v) is 14.2. The fourth-order valence-electron chi connectivity index (χ4n) is 3.30. The number of fused-ring (bicyclic) bond motifs is 3. The van der Waals surface area contributed by atoms with Gasteiger partial charge in [-0.15, -0.1) is 10.2 Å². The maximum atomic E-state index is 5.42. The number of nitrogens with one attached hydrogen (secondary N) is 1. The van der Waals surface area contributed by atoms with Crippen molar-refractivity contribution in [2.24, 2.45) is 0 Å². The number of hydrogen-bond acceptors (Lipinski definition) is 6. The molecule has 2 aromatic heterocycles. The molecular formula is C19H18N6O. The largest absolute Gasteiger partial charge is 0.378 e. The van der Waals surface area contributed by atoms with Crippen LogP contribution in [0.1, 0.15) is 0 Å². The van der Waals surface area contributed by atoms with E-state index < -0.39 is 0 Å². The van der Waals surface area contributed by atoms with E-state index in [0.717, 1.165) is 48.5 Å². The summed E-state index contributed by atoms with van der Waals surface area (Å²) in [6.07, 6.45) is 1.68. The van der Waals surface area contributed by atoms with E-state index in [1.165, 1.54) is 5.69 Å². The Bertz CT molecular complexity index is 1050. The van der Waals surface area contributed by atoms with E-state index in [0.29, 0.717) is 5.95 Å². The normalized spacial score (nSPS) is 14.8. The Kier molecular flexibility index (Phi) is 3.64. The molecule has 2 aromatic carbocycles. The van der Waals surface area contributed by atoms with Gasteiger partial charge in [-0.2, -0.15) is 0 Å². The first-order chi connectivity index (χ1) is 12.9. The van der Waals surface area contributed by atoms with E-state index in [-0.39, 0.29) is 0 Å². The van der Waals surface area contributed by atoms with Crippen molar-refractivity contribution in [3.05, 3.63) is 54.9 Å². The summed E-state index contributed by atoms with van der Waals surface area (Å²) in [5.41, 5.74) is 3.86. The lowest BCUT2D eigenvalue weighted by atomic mass is 10.2. The Labute approximate surface area is 150 Å². The molecule has 1 fully saturated rings. The van der Waals surface area contributed by atoms with E-state index in [1.807, 2.05) is 28.7 Å². The van der Waals surface area contributed by atoms with E-state index in [9.17, 15) is 0 Å². The minimum absolute atomic E-state index is 0.697. The van der Waals surface area contributed by atoms with Gasteiger partial charge in [-0.3, -0.25) is 4.40 Å². The highest BCUT2D eigenvalue weighted by molar-refractivity contribution is 5.92. The summed E-state index contributed by atoms with van der Waals surface area (Å²) >= 11 is 0. The van der Waals surface area contributed by atoms with E-state index >= 15 is 0 Å². The van der Waals surface area contributed by atoms with Gasteiger partial charge in [0.05, 0.1) is 18.7 Å². The third-order valence-corrected chi connectivity index (χ3v) is 4.65. The average molecular weight is 346 g/mol. The predicted octanol–water partition coefficient (Wildman–Crippen LogP) is 2.86. The molecule has 0 bridgehead atoms. The van der Waals surface area contributed by atoms with Crippen molar-refractivity contribution < 1.29 is 4.74 Å². The van der Waals surface area contributed by atoms with Crippen LogP contribution >= 0.6 is 0 Å². The second-order valence-corrected chi connectivity index (χ2v) is 6.25. The number of ether oxygens (including phenoxy) is 1. The number of nitrogens with zero attached hydrogens (tertiary/aromatic N) is 5. The number of anilines is 3. The number of aromatic nitrogens is 4. The summed E-state index contributed by atoms with van der Waals surface area (Å²) < 4.78 is 7.29. The Hall–Kier alpha value is -3.19. The number of para-hydroxylation sites is 1. The molecule has 7 nitrogen and oxygen atoms in total. The molecule has 26 heavy (non-hydrogen) atoms. The van der Waals surface area contributed by atoms with Gasteiger partial charge in [-0.05, 0) is 36.4 Å². The zero-order chi connectivity index (χ0) is 17.3. The molecule has 1 aliphatic rings. The number of benzene rings is 2. The van der Waals surface area contributed by atoms with Crippen molar-refractivity contribution >= 4 is 33.9 Å². The minimum Gasteiger partial charge on any atom is -0.378 e. The van der Waals surface area contributed by atoms with Crippen LogP contribution in [0.5, 0.6) is 0 Å². The van der Waals surface area contributed by atoms with Crippen LogP contribution in [0, 0.1) is 0 Å². The summed E-state index contributed by atoms with van der Waals surface area (Å²) in [6, 6.07) is 16.3. The lowest BCUT2D eigenvalue weighted by Gasteiger charge is -2.28. The molecule has 4 aromatic rings. The number of morpholine rings is 1. The van der Waals surface area contributed by atoms with Gasteiger partial charge in [0.15, 0.2) is 5.65 Å². The molecule has 0 radical (unpaired) electrons. The van der Waals surface area contributed by atoms with Crippen molar-refractivity contribution in [1.82, 2.24) is 19.6 Å². The summed E-state index contributed by atoms with van der Waals surface area (Å²) in [5, 5.41) is 12.7. The Morgan fingerprint density at radius 3 is 2.62 bits per heavy atom. The lowest BCUT2D eigenvalue weighted by molar-refractivity contribution is 0.122. The van der Waals surface area contributed by atoms with Gasteiger partial charge in [-0.25, -0.2) is 4.98 Å². The maximum Gasteiger partial charge on any atom is 0.215 e. The second kappa shape index (κ2) is 6.27. The van der Waals surface area contributed by atoms with Crippen LogP contribution in [0.4, 0.5) is 17.3 Å². The van der Waals surface area contributed by atoms with Crippen LogP contribution in [0.3, 0.4) is 0 Å². The summed E-state index contributed by atoms with van der Waals surface area (Å²) in [4.78, 5) is 7.06. The molecule has 0 amide bonds. The monoisotopic (exact) mass is 346 g/mol. The smallest absolute Gasteiger partial charge is 0.215 e. The quantitative estimate of drug-likeness (QED) is 0.615. The van der Waals surface area contributed by atoms with Crippen molar-refractivity contribution in [2.45, 2.75) is 0 Å².